The first-order chi connectivity index (χ1) is 7.37. The van der Waals surface area contributed by atoms with Crippen LogP contribution in [0.5, 0.6) is 0 Å². The molecule has 0 bridgehead atoms. The van der Waals surface area contributed by atoms with Gasteiger partial charge in [-0.3, -0.25) is 0 Å². The van der Waals surface area contributed by atoms with Crippen molar-refractivity contribution in [2.75, 3.05) is 25.1 Å². The minimum atomic E-state index is -2.78. The summed E-state index contributed by atoms with van der Waals surface area (Å²) in [6, 6.07) is 0. The van der Waals surface area contributed by atoms with Crippen LogP contribution in [0.1, 0.15) is 40.0 Å². The van der Waals surface area contributed by atoms with Gasteiger partial charge >= 0.3 is 0 Å². The van der Waals surface area contributed by atoms with Gasteiger partial charge in [0.1, 0.15) is 9.84 Å². The number of hydrogen-bond donors (Lipinski definition) is 1. The van der Waals surface area contributed by atoms with Crippen LogP contribution >= 0.6 is 0 Å². The van der Waals surface area contributed by atoms with E-state index in [1.165, 1.54) is 6.26 Å². The fourth-order valence-electron chi connectivity index (χ4n) is 1.66. The first kappa shape index (κ1) is 15.9. The quantitative estimate of drug-likeness (QED) is 0.636. The van der Waals surface area contributed by atoms with Crippen molar-refractivity contribution in [2.24, 2.45) is 11.8 Å². The van der Waals surface area contributed by atoms with Gasteiger partial charge in [0, 0.05) is 12.0 Å². The molecule has 0 saturated carbocycles. The van der Waals surface area contributed by atoms with Crippen molar-refractivity contribution in [3.8, 4) is 0 Å². The van der Waals surface area contributed by atoms with Crippen LogP contribution in [-0.4, -0.2) is 33.5 Å². The molecule has 0 fully saturated rings. The Morgan fingerprint density at radius 1 is 1.19 bits per heavy atom. The second-order valence-electron chi connectivity index (χ2n) is 4.93. The summed E-state index contributed by atoms with van der Waals surface area (Å²) < 4.78 is 22.0. The van der Waals surface area contributed by atoms with Crippen LogP contribution in [0.4, 0.5) is 0 Å². The summed E-state index contributed by atoms with van der Waals surface area (Å²) in [6.07, 6.45) is 4.26. The molecule has 0 aliphatic carbocycles. The minimum Gasteiger partial charge on any atom is -0.316 e. The first-order valence-corrected chi connectivity index (χ1v) is 8.31. The smallest absolute Gasteiger partial charge is 0.147 e. The van der Waals surface area contributed by atoms with Crippen LogP contribution in [0, 0.1) is 11.8 Å². The number of nitrogens with one attached hydrogen (secondary N) is 1. The Labute approximate surface area is 101 Å². The van der Waals surface area contributed by atoms with E-state index in [1.807, 2.05) is 0 Å². The van der Waals surface area contributed by atoms with Crippen molar-refractivity contribution < 1.29 is 8.42 Å². The van der Waals surface area contributed by atoms with E-state index in [0.29, 0.717) is 17.6 Å². The summed E-state index contributed by atoms with van der Waals surface area (Å²) in [4.78, 5) is 0. The molecule has 98 valence electrons. The van der Waals surface area contributed by atoms with Crippen molar-refractivity contribution in [1.29, 1.82) is 0 Å². The lowest BCUT2D eigenvalue weighted by atomic mass is 9.92. The molecule has 0 rings (SSSR count). The van der Waals surface area contributed by atoms with Crippen molar-refractivity contribution >= 4 is 9.84 Å². The predicted molar refractivity (Wildman–Crippen MR) is 70.4 cm³/mol. The van der Waals surface area contributed by atoms with E-state index in [-0.39, 0.29) is 0 Å². The maximum atomic E-state index is 11.0. The van der Waals surface area contributed by atoms with Gasteiger partial charge in [-0.25, -0.2) is 8.42 Å². The Morgan fingerprint density at radius 3 is 2.31 bits per heavy atom. The molecule has 0 aromatic rings. The molecule has 0 spiro atoms. The van der Waals surface area contributed by atoms with Crippen molar-refractivity contribution in [1.82, 2.24) is 5.32 Å². The van der Waals surface area contributed by atoms with E-state index in [4.69, 9.17) is 0 Å². The molecular formula is C12H27NO2S. The summed E-state index contributed by atoms with van der Waals surface area (Å²) in [5.41, 5.74) is 0. The Hall–Kier alpha value is -0.0900. The van der Waals surface area contributed by atoms with Crippen molar-refractivity contribution in [3.63, 3.8) is 0 Å². The summed E-state index contributed by atoms with van der Waals surface area (Å²) in [5.74, 6) is 1.53. The van der Waals surface area contributed by atoms with Gasteiger partial charge in [0.15, 0.2) is 0 Å². The Bertz CT molecular complexity index is 262. The van der Waals surface area contributed by atoms with E-state index < -0.39 is 9.84 Å². The summed E-state index contributed by atoms with van der Waals surface area (Å²) in [6.45, 7) is 8.70. The zero-order chi connectivity index (χ0) is 12.6. The van der Waals surface area contributed by atoms with Gasteiger partial charge in [0.2, 0.25) is 0 Å². The molecule has 0 aromatic carbocycles. The molecule has 4 heteroatoms. The van der Waals surface area contributed by atoms with E-state index in [1.54, 1.807) is 0 Å². The standard InChI is InChI=1S/C12H27NO2S/c1-5-8-13-10-12(3)11(2)7-6-9-16(4,14)15/h11-13H,5-10H2,1-4H3. The molecule has 3 nitrogen and oxygen atoms in total. The second kappa shape index (κ2) is 8.07. The Morgan fingerprint density at radius 2 is 1.81 bits per heavy atom. The lowest BCUT2D eigenvalue weighted by Gasteiger charge is -2.20. The molecule has 2 atom stereocenters. The molecule has 0 aliphatic rings. The van der Waals surface area contributed by atoms with Gasteiger partial charge in [-0.2, -0.15) is 0 Å². The monoisotopic (exact) mass is 249 g/mol. The zero-order valence-corrected chi connectivity index (χ0v) is 11.9. The number of hydrogen-bond acceptors (Lipinski definition) is 3. The largest absolute Gasteiger partial charge is 0.316 e. The van der Waals surface area contributed by atoms with Crippen molar-refractivity contribution in [3.05, 3.63) is 0 Å². The molecular weight excluding hydrogens is 222 g/mol. The SMILES string of the molecule is CCCNCC(C)C(C)CCCS(C)(=O)=O. The molecule has 0 aromatic heterocycles. The van der Waals surface area contributed by atoms with Gasteiger partial charge in [-0.1, -0.05) is 20.8 Å². The topological polar surface area (TPSA) is 46.2 Å². The van der Waals surface area contributed by atoms with Crippen LogP contribution in [0.15, 0.2) is 0 Å². The fraction of sp³-hybridized carbons (Fsp3) is 1.00. The third kappa shape index (κ3) is 9.16. The highest BCUT2D eigenvalue weighted by molar-refractivity contribution is 7.90. The highest BCUT2D eigenvalue weighted by atomic mass is 32.2. The van der Waals surface area contributed by atoms with Gasteiger partial charge < -0.3 is 5.32 Å². The van der Waals surface area contributed by atoms with E-state index in [9.17, 15) is 8.42 Å². The zero-order valence-electron chi connectivity index (χ0n) is 11.1. The third-order valence-corrected chi connectivity index (χ3v) is 4.07. The molecule has 0 aliphatic heterocycles. The second-order valence-corrected chi connectivity index (χ2v) is 7.19. The van der Waals surface area contributed by atoms with E-state index in [2.05, 4.69) is 26.1 Å². The summed E-state index contributed by atoms with van der Waals surface area (Å²) >= 11 is 0. The van der Waals surface area contributed by atoms with Crippen LogP contribution in [0.25, 0.3) is 0 Å². The van der Waals surface area contributed by atoms with E-state index >= 15 is 0 Å². The molecule has 0 saturated heterocycles. The summed E-state index contributed by atoms with van der Waals surface area (Å²) in [7, 11) is -2.78. The maximum Gasteiger partial charge on any atom is 0.147 e. The first-order valence-electron chi connectivity index (χ1n) is 6.25. The number of sulfone groups is 1. The van der Waals surface area contributed by atoms with Crippen LogP contribution in [0.3, 0.4) is 0 Å². The molecule has 0 radical (unpaired) electrons. The Balaban J connectivity index is 3.66. The highest BCUT2D eigenvalue weighted by Gasteiger charge is 2.12. The molecule has 0 amide bonds. The fourth-order valence-corrected chi connectivity index (χ4v) is 2.35. The maximum absolute atomic E-state index is 11.0. The average Bonchev–Trinajstić information content (AvgIpc) is 2.15. The summed E-state index contributed by atoms with van der Waals surface area (Å²) in [5, 5.41) is 3.40. The number of rotatable bonds is 9. The van der Waals surface area contributed by atoms with Gasteiger partial charge in [-0.15, -0.1) is 0 Å². The predicted octanol–water partition coefficient (Wildman–Crippen LogP) is 2.08. The van der Waals surface area contributed by atoms with Gasteiger partial charge in [0.05, 0.1) is 0 Å². The highest BCUT2D eigenvalue weighted by Crippen LogP contribution is 2.16. The molecule has 2 unspecified atom stereocenters. The van der Waals surface area contributed by atoms with Crippen LogP contribution < -0.4 is 5.32 Å². The van der Waals surface area contributed by atoms with Crippen LogP contribution in [-0.2, 0) is 9.84 Å². The molecule has 1 N–H and O–H groups in total. The lowest BCUT2D eigenvalue weighted by Crippen LogP contribution is -2.26. The van der Waals surface area contributed by atoms with Crippen molar-refractivity contribution in [2.45, 2.75) is 40.0 Å². The average molecular weight is 249 g/mol. The van der Waals surface area contributed by atoms with Gasteiger partial charge in [0.25, 0.3) is 0 Å². The van der Waals surface area contributed by atoms with Gasteiger partial charge in [-0.05, 0) is 44.2 Å². The molecule has 16 heavy (non-hydrogen) atoms. The third-order valence-electron chi connectivity index (χ3n) is 3.04. The van der Waals surface area contributed by atoms with Crippen LogP contribution in [0.2, 0.25) is 0 Å². The lowest BCUT2D eigenvalue weighted by molar-refractivity contribution is 0.345. The Kier molecular flexibility index (Phi) is 8.02. The molecule has 0 heterocycles. The minimum absolute atomic E-state index is 0.326. The normalized spacial score (nSPS) is 16.0. The van der Waals surface area contributed by atoms with E-state index in [0.717, 1.165) is 32.4 Å².